The Hall–Kier alpha value is -2.90. The number of carbonyl (C=O) groups is 1. The predicted molar refractivity (Wildman–Crippen MR) is 103 cm³/mol. The zero-order valence-corrected chi connectivity index (χ0v) is 15.4. The Labute approximate surface area is 160 Å². The van der Waals surface area contributed by atoms with Crippen LogP contribution in [0.3, 0.4) is 0 Å². The summed E-state index contributed by atoms with van der Waals surface area (Å²) in [6.07, 6.45) is 0. The summed E-state index contributed by atoms with van der Waals surface area (Å²) in [7, 11) is -3.78. The number of rotatable bonds is 5. The number of nitrogens with one attached hydrogen (secondary N) is 2. The van der Waals surface area contributed by atoms with Crippen LogP contribution < -0.4 is 10.0 Å². The standard InChI is InChI=1S/C19H14ClFN2O3S/c20-14-7-11-16(12-8-14)27(25,26)23-15-9-5-13(6-10-15)19(24)22-18-4-2-1-3-17(18)21/h1-12,23H,(H,22,24). The van der Waals surface area contributed by atoms with E-state index < -0.39 is 21.7 Å². The van der Waals surface area contributed by atoms with E-state index in [1.54, 1.807) is 6.07 Å². The quantitative estimate of drug-likeness (QED) is 0.655. The molecule has 0 aromatic heterocycles. The van der Waals surface area contributed by atoms with Crippen LogP contribution in [0.15, 0.2) is 77.7 Å². The molecule has 27 heavy (non-hydrogen) atoms. The average molecular weight is 405 g/mol. The van der Waals surface area contributed by atoms with Gasteiger partial charge in [-0.05, 0) is 60.7 Å². The van der Waals surface area contributed by atoms with E-state index in [1.165, 1.54) is 66.7 Å². The van der Waals surface area contributed by atoms with Crippen molar-refractivity contribution in [2.24, 2.45) is 0 Å². The van der Waals surface area contributed by atoms with Crippen molar-refractivity contribution in [1.82, 2.24) is 0 Å². The van der Waals surface area contributed by atoms with Crippen LogP contribution in [-0.2, 0) is 10.0 Å². The fourth-order valence-corrected chi connectivity index (χ4v) is 3.46. The molecular formula is C19H14ClFN2O3S. The van der Waals surface area contributed by atoms with Gasteiger partial charge in [-0.1, -0.05) is 23.7 Å². The third-order valence-corrected chi connectivity index (χ3v) is 5.29. The smallest absolute Gasteiger partial charge is 0.261 e. The van der Waals surface area contributed by atoms with Crippen LogP contribution >= 0.6 is 11.6 Å². The molecule has 3 rings (SSSR count). The van der Waals surface area contributed by atoms with Crippen molar-refractivity contribution in [3.8, 4) is 0 Å². The van der Waals surface area contributed by atoms with Gasteiger partial charge in [-0.15, -0.1) is 0 Å². The number of amides is 1. The van der Waals surface area contributed by atoms with E-state index in [-0.39, 0.29) is 21.8 Å². The molecule has 0 bridgehead atoms. The van der Waals surface area contributed by atoms with Gasteiger partial charge in [-0.3, -0.25) is 9.52 Å². The normalized spacial score (nSPS) is 11.0. The van der Waals surface area contributed by atoms with Gasteiger partial charge < -0.3 is 5.32 Å². The first-order valence-corrected chi connectivity index (χ1v) is 9.65. The summed E-state index contributed by atoms with van der Waals surface area (Å²) in [5.41, 5.74) is 0.607. The molecule has 0 radical (unpaired) electrons. The molecule has 0 heterocycles. The highest BCUT2D eigenvalue weighted by atomic mass is 35.5. The third-order valence-electron chi connectivity index (χ3n) is 3.65. The third kappa shape index (κ3) is 4.64. The molecule has 0 aliphatic heterocycles. The van der Waals surface area contributed by atoms with E-state index >= 15 is 0 Å². The van der Waals surface area contributed by atoms with Crippen LogP contribution in [0.5, 0.6) is 0 Å². The summed E-state index contributed by atoms with van der Waals surface area (Å²) in [5, 5.41) is 2.89. The second kappa shape index (κ2) is 7.77. The molecule has 1 amide bonds. The Bertz CT molecular complexity index is 1070. The van der Waals surface area contributed by atoms with E-state index in [4.69, 9.17) is 11.6 Å². The summed E-state index contributed by atoms with van der Waals surface area (Å²) >= 11 is 5.76. The average Bonchev–Trinajstić information content (AvgIpc) is 2.64. The van der Waals surface area contributed by atoms with E-state index in [0.29, 0.717) is 5.02 Å². The molecule has 3 aromatic rings. The maximum absolute atomic E-state index is 13.6. The summed E-state index contributed by atoms with van der Waals surface area (Å²) in [5.74, 6) is -1.05. The van der Waals surface area contributed by atoms with Crippen LogP contribution in [0.2, 0.25) is 5.02 Å². The highest BCUT2D eigenvalue weighted by Crippen LogP contribution is 2.19. The first kappa shape index (κ1) is 18.9. The fraction of sp³-hybridized carbons (Fsp3) is 0. The number of anilines is 2. The van der Waals surface area contributed by atoms with Crippen LogP contribution in [0.4, 0.5) is 15.8 Å². The van der Waals surface area contributed by atoms with Gasteiger partial charge in [-0.2, -0.15) is 0 Å². The van der Waals surface area contributed by atoms with E-state index in [2.05, 4.69) is 10.0 Å². The van der Waals surface area contributed by atoms with E-state index in [9.17, 15) is 17.6 Å². The van der Waals surface area contributed by atoms with Crippen molar-refractivity contribution in [2.75, 3.05) is 10.0 Å². The molecule has 0 atom stereocenters. The monoisotopic (exact) mass is 404 g/mol. The molecule has 0 saturated carbocycles. The van der Waals surface area contributed by atoms with Crippen molar-refractivity contribution in [2.45, 2.75) is 4.90 Å². The second-order valence-electron chi connectivity index (χ2n) is 5.57. The predicted octanol–water partition coefficient (Wildman–Crippen LogP) is 4.53. The fourth-order valence-electron chi connectivity index (χ4n) is 2.27. The minimum atomic E-state index is -3.78. The molecule has 0 unspecified atom stereocenters. The van der Waals surface area contributed by atoms with Crippen LogP contribution in [0.25, 0.3) is 0 Å². The molecule has 5 nitrogen and oxygen atoms in total. The van der Waals surface area contributed by atoms with Crippen LogP contribution in [0.1, 0.15) is 10.4 Å². The Morgan fingerprint density at radius 2 is 1.52 bits per heavy atom. The molecule has 0 aliphatic rings. The van der Waals surface area contributed by atoms with Gasteiger partial charge in [0.05, 0.1) is 10.6 Å². The van der Waals surface area contributed by atoms with E-state index in [0.717, 1.165) is 0 Å². The Morgan fingerprint density at radius 3 is 2.15 bits per heavy atom. The second-order valence-corrected chi connectivity index (χ2v) is 7.69. The number of hydrogen-bond acceptors (Lipinski definition) is 3. The van der Waals surface area contributed by atoms with Crippen molar-refractivity contribution >= 4 is 38.9 Å². The topological polar surface area (TPSA) is 75.3 Å². The zero-order valence-electron chi connectivity index (χ0n) is 13.8. The van der Waals surface area contributed by atoms with E-state index in [1.807, 2.05) is 0 Å². The summed E-state index contributed by atoms with van der Waals surface area (Å²) in [6.45, 7) is 0. The molecule has 8 heteroatoms. The summed E-state index contributed by atoms with van der Waals surface area (Å²) in [4.78, 5) is 12.3. The van der Waals surface area contributed by atoms with Crippen LogP contribution in [0, 0.1) is 5.82 Å². The maximum atomic E-state index is 13.6. The zero-order chi connectivity index (χ0) is 19.4. The van der Waals surface area contributed by atoms with Crippen molar-refractivity contribution in [1.29, 1.82) is 0 Å². The minimum Gasteiger partial charge on any atom is -0.319 e. The molecule has 138 valence electrons. The lowest BCUT2D eigenvalue weighted by Crippen LogP contribution is -2.14. The van der Waals surface area contributed by atoms with Gasteiger partial charge in [0.15, 0.2) is 0 Å². The highest BCUT2D eigenvalue weighted by molar-refractivity contribution is 7.92. The lowest BCUT2D eigenvalue weighted by Gasteiger charge is -2.10. The van der Waals surface area contributed by atoms with Crippen molar-refractivity contribution < 1.29 is 17.6 Å². The molecule has 0 saturated heterocycles. The van der Waals surface area contributed by atoms with Crippen molar-refractivity contribution in [3.63, 3.8) is 0 Å². The highest BCUT2D eigenvalue weighted by Gasteiger charge is 2.15. The molecule has 2 N–H and O–H groups in total. The van der Waals surface area contributed by atoms with Gasteiger partial charge in [0.25, 0.3) is 15.9 Å². The summed E-state index contributed by atoms with van der Waals surface area (Å²) < 4.78 is 40.7. The lowest BCUT2D eigenvalue weighted by atomic mass is 10.2. The molecule has 3 aromatic carbocycles. The van der Waals surface area contributed by atoms with Gasteiger partial charge >= 0.3 is 0 Å². The van der Waals surface area contributed by atoms with Gasteiger partial charge in [0.2, 0.25) is 0 Å². The number of benzene rings is 3. The Balaban J connectivity index is 1.72. The number of carbonyl (C=O) groups excluding carboxylic acids is 1. The summed E-state index contributed by atoms with van der Waals surface area (Å²) in [6, 6.07) is 17.3. The number of sulfonamides is 1. The lowest BCUT2D eigenvalue weighted by molar-refractivity contribution is 0.102. The molecule has 0 spiro atoms. The first-order valence-electron chi connectivity index (χ1n) is 7.79. The van der Waals surface area contributed by atoms with Crippen molar-refractivity contribution in [3.05, 3.63) is 89.2 Å². The van der Waals surface area contributed by atoms with Gasteiger partial charge in [0.1, 0.15) is 5.82 Å². The number of halogens is 2. The molecular weight excluding hydrogens is 391 g/mol. The first-order chi connectivity index (χ1) is 12.8. The van der Waals surface area contributed by atoms with Crippen LogP contribution in [-0.4, -0.2) is 14.3 Å². The maximum Gasteiger partial charge on any atom is 0.261 e. The van der Waals surface area contributed by atoms with Gasteiger partial charge in [-0.25, -0.2) is 12.8 Å². The van der Waals surface area contributed by atoms with Gasteiger partial charge in [0, 0.05) is 16.3 Å². The SMILES string of the molecule is O=C(Nc1ccccc1F)c1ccc(NS(=O)(=O)c2ccc(Cl)cc2)cc1. The number of hydrogen-bond donors (Lipinski definition) is 2. The Morgan fingerprint density at radius 1 is 0.889 bits per heavy atom. The minimum absolute atomic E-state index is 0.0632. The largest absolute Gasteiger partial charge is 0.319 e. The Kier molecular flexibility index (Phi) is 5.43. The molecule has 0 fully saturated rings. The number of para-hydroxylation sites is 1. The molecule has 0 aliphatic carbocycles.